The topological polar surface area (TPSA) is 110 Å². The summed E-state index contributed by atoms with van der Waals surface area (Å²) < 4.78 is 40.7. The van der Waals surface area contributed by atoms with E-state index in [0.717, 1.165) is 55.9 Å². The van der Waals surface area contributed by atoms with Crippen molar-refractivity contribution >= 4 is 33.2 Å². The number of carbonyl (C=O) groups is 2. The number of primary amides is 1. The second-order valence-electron chi connectivity index (χ2n) is 11.4. The Balaban J connectivity index is 0.000000373. The number of nitriles is 1. The molecule has 7 rings (SSSR count). The molecule has 0 fully saturated rings. The first-order valence-electron chi connectivity index (χ1n) is 14.8. The van der Waals surface area contributed by atoms with E-state index in [0.29, 0.717) is 16.7 Å². The van der Waals surface area contributed by atoms with Crippen LogP contribution in [0, 0.1) is 18.3 Å². The number of hydrogen-bond acceptors (Lipinski definition) is 5. The molecule has 0 radical (unpaired) electrons. The molecule has 2 N–H and O–H groups in total. The smallest absolute Gasteiger partial charge is 0.366 e. The molecule has 1 aliphatic rings. The van der Waals surface area contributed by atoms with Crippen LogP contribution in [-0.4, -0.2) is 21.7 Å². The lowest BCUT2D eigenvalue weighted by Crippen LogP contribution is -2.26. The monoisotopic (exact) mass is 628 g/mol. The first kappa shape index (κ1) is 31.1. The lowest BCUT2D eigenvalue weighted by molar-refractivity contribution is -0.137. The number of aromatic nitrogens is 2. The summed E-state index contributed by atoms with van der Waals surface area (Å²) in [6.07, 6.45) is -0.261. The third-order valence-electron chi connectivity index (χ3n) is 8.55. The van der Waals surface area contributed by atoms with Crippen LogP contribution in [-0.2, 0) is 11.0 Å². The van der Waals surface area contributed by atoms with E-state index in [-0.39, 0.29) is 18.1 Å². The van der Waals surface area contributed by atoms with Crippen molar-refractivity contribution in [2.75, 3.05) is 0 Å². The van der Waals surface area contributed by atoms with Crippen molar-refractivity contribution in [3.8, 4) is 6.07 Å². The Kier molecular flexibility index (Phi) is 8.27. The molecular formula is C38H27F3N4O2. The first-order chi connectivity index (χ1) is 22.6. The fourth-order valence-electron chi connectivity index (χ4n) is 6.40. The molecule has 6 nitrogen and oxygen atoms in total. The zero-order valence-electron chi connectivity index (χ0n) is 25.1. The Morgan fingerprint density at radius 3 is 2.17 bits per heavy atom. The minimum absolute atomic E-state index is 0.122. The summed E-state index contributed by atoms with van der Waals surface area (Å²) in [5.41, 5.74) is 9.02. The van der Waals surface area contributed by atoms with Crippen molar-refractivity contribution in [2.45, 2.75) is 31.4 Å². The average molecular weight is 629 g/mol. The Labute approximate surface area is 268 Å². The van der Waals surface area contributed by atoms with Crippen LogP contribution in [0.3, 0.4) is 0 Å². The number of Topliss-reactive ketones (excluding diaryl/α,β-unsaturated/α-hetero) is 1. The number of hydrogen-bond donors (Lipinski definition) is 1. The minimum Gasteiger partial charge on any atom is -0.366 e. The van der Waals surface area contributed by atoms with Crippen LogP contribution in [0.15, 0.2) is 110 Å². The molecule has 0 saturated carbocycles. The van der Waals surface area contributed by atoms with Gasteiger partial charge in [0.2, 0.25) is 0 Å². The number of nitrogens with zero attached hydrogens (tertiary/aromatic N) is 3. The molecule has 0 spiro atoms. The van der Waals surface area contributed by atoms with Gasteiger partial charge in [0.15, 0.2) is 0 Å². The van der Waals surface area contributed by atoms with E-state index < -0.39 is 23.6 Å². The molecule has 1 heterocycles. The number of fused-ring (bicyclic) bond motifs is 5. The fraction of sp³-hybridized carbons (Fsp3) is 0.132. The summed E-state index contributed by atoms with van der Waals surface area (Å²) in [5.74, 6) is -1.70. The lowest BCUT2D eigenvalue weighted by atomic mass is 9.69. The van der Waals surface area contributed by atoms with Crippen molar-refractivity contribution in [1.29, 1.82) is 5.26 Å². The van der Waals surface area contributed by atoms with E-state index in [1.807, 2.05) is 36.4 Å². The highest BCUT2D eigenvalue weighted by atomic mass is 19.4. The van der Waals surface area contributed by atoms with Gasteiger partial charge in [-0.05, 0) is 74.5 Å². The van der Waals surface area contributed by atoms with Gasteiger partial charge in [-0.15, -0.1) is 0 Å². The van der Waals surface area contributed by atoms with E-state index in [1.165, 1.54) is 24.8 Å². The largest absolute Gasteiger partial charge is 0.416 e. The van der Waals surface area contributed by atoms with Crippen LogP contribution in [0.1, 0.15) is 67.6 Å². The Bertz CT molecular complexity index is 2190. The van der Waals surface area contributed by atoms with Crippen LogP contribution in [0.4, 0.5) is 13.2 Å². The molecule has 47 heavy (non-hydrogen) atoms. The number of benzene rings is 5. The van der Waals surface area contributed by atoms with Gasteiger partial charge in [-0.25, -0.2) is 9.97 Å². The molecule has 0 aliphatic heterocycles. The van der Waals surface area contributed by atoms with Crippen molar-refractivity contribution < 1.29 is 22.8 Å². The van der Waals surface area contributed by atoms with Gasteiger partial charge in [-0.3, -0.25) is 9.59 Å². The van der Waals surface area contributed by atoms with Gasteiger partial charge in [0.05, 0.1) is 28.7 Å². The lowest BCUT2D eigenvalue weighted by Gasteiger charge is -2.33. The molecule has 232 valence electrons. The molecule has 0 saturated heterocycles. The molecule has 1 aromatic heterocycles. The molecule has 6 aromatic rings. The summed E-state index contributed by atoms with van der Waals surface area (Å²) in [4.78, 5) is 31.2. The maximum Gasteiger partial charge on any atom is 0.416 e. The predicted molar refractivity (Wildman–Crippen MR) is 173 cm³/mol. The molecule has 2 unspecified atom stereocenters. The summed E-state index contributed by atoms with van der Waals surface area (Å²) in [5, 5.41) is 13.5. The fourth-order valence-corrected chi connectivity index (χ4v) is 6.40. The summed E-state index contributed by atoms with van der Waals surface area (Å²) in [7, 11) is 0. The number of amides is 1. The Morgan fingerprint density at radius 1 is 0.851 bits per heavy atom. The second-order valence-corrected chi connectivity index (χ2v) is 11.4. The number of alkyl halides is 3. The Hall–Kier alpha value is -5.88. The minimum atomic E-state index is -4.50. The zero-order valence-corrected chi connectivity index (χ0v) is 25.1. The summed E-state index contributed by atoms with van der Waals surface area (Å²) in [6, 6.07) is 28.7. The highest BCUT2D eigenvalue weighted by Crippen LogP contribution is 2.48. The summed E-state index contributed by atoms with van der Waals surface area (Å²) in [6.45, 7) is 2.05. The van der Waals surface area contributed by atoms with E-state index in [9.17, 15) is 28.0 Å². The van der Waals surface area contributed by atoms with Crippen LogP contribution >= 0.6 is 0 Å². The predicted octanol–water partition coefficient (Wildman–Crippen LogP) is 8.00. The zero-order chi connectivity index (χ0) is 33.3. The van der Waals surface area contributed by atoms with Gasteiger partial charge < -0.3 is 5.73 Å². The molecule has 1 amide bonds. The van der Waals surface area contributed by atoms with Crippen molar-refractivity contribution in [3.05, 3.63) is 154 Å². The Morgan fingerprint density at radius 2 is 1.53 bits per heavy atom. The maximum absolute atomic E-state index is 13.7. The van der Waals surface area contributed by atoms with E-state index in [2.05, 4.69) is 41.2 Å². The highest BCUT2D eigenvalue weighted by molar-refractivity contribution is 6.11. The molecule has 1 aliphatic carbocycles. The van der Waals surface area contributed by atoms with Gasteiger partial charge in [0, 0.05) is 24.7 Å². The van der Waals surface area contributed by atoms with E-state index in [4.69, 9.17) is 5.73 Å². The third-order valence-corrected chi connectivity index (χ3v) is 8.55. The molecule has 0 bridgehead atoms. The average Bonchev–Trinajstić information content (AvgIpc) is 3.08. The third kappa shape index (κ3) is 6.06. The number of carbonyl (C=O) groups excluding carboxylic acids is 2. The van der Waals surface area contributed by atoms with Gasteiger partial charge in [-0.1, -0.05) is 72.8 Å². The molecule has 9 heteroatoms. The van der Waals surface area contributed by atoms with Gasteiger partial charge in [0.1, 0.15) is 12.1 Å². The van der Waals surface area contributed by atoms with E-state index in [1.54, 1.807) is 18.2 Å². The van der Waals surface area contributed by atoms with E-state index >= 15 is 0 Å². The number of rotatable bonds is 3. The quantitative estimate of drug-likeness (QED) is 0.200. The van der Waals surface area contributed by atoms with Gasteiger partial charge in [0.25, 0.3) is 5.91 Å². The van der Waals surface area contributed by atoms with Gasteiger partial charge in [-0.2, -0.15) is 18.4 Å². The standard InChI is InChI=1S/C33H22F3NO.C5H5N3O/c1-19-15-29-26(25-8-3-2-7-24(19)25)13-14-27-31(22-5-4-6-23(16-22)33(34,35)36)30(38)17-28(32(27)29)21-11-9-20(18-37)10-12-21;6-5(9)4-1-7-3-8-2-4/h2-16,28,31H,17H2,1H3;1-3H,(H2,6,9). The highest BCUT2D eigenvalue weighted by Gasteiger charge is 2.38. The molecule has 2 atom stereocenters. The first-order valence-corrected chi connectivity index (χ1v) is 14.8. The number of nitrogens with two attached hydrogens (primary N) is 1. The molecular weight excluding hydrogens is 601 g/mol. The van der Waals surface area contributed by atoms with Gasteiger partial charge >= 0.3 is 6.18 Å². The SMILES string of the molecule is Cc1cc2c3c(ccc2c2ccccc12)C(c1cccc(C(F)(F)F)c1)C(=O)CC3c1ccc(C#N)cc1.NC(=O)c1cncnc1. The number of ketones is 1. The van der Waals surface area contributed by atoms with Crippen molar-refractivity contribution in [2.24, 2.45) is 5.73 Å². The number of halogens is 3. The van der Waals surface area contributed by atoms with Crippen molar-refractivity contribution in [1.82, 2.24) is 9.97 Å². The van der Waals surface area contributed by atoms with Crippen LogP contribution in [0.2, 0.25) is 0 Å². The van der Waals surface area contributed by atoms with Crippen LogP contribution in [0.5, 0.6) is 0 Å². The maximum atomic E-state index is 13.7. The van der Waals surface area contributed by atoms with Crippen molar-refractivity contribution in [3.63, 3.8) is 0 Å². The summed E-state index contributed by atoms with van der Waals surface area (Å²) >= 11 is 0. The van der Waals surface area contributed by atoms with Crippen LogP contribution < -0.4 is 5.73 Å². The molecule has 5 aromatic carbocycles. The normalized spacial score (nSPS) is 15.8. The second kappa shape index (κ2) is 12.5. The van der Waals surface area contributed by atoms with Crippen LogP contribution in [0.25, 0.3) is 21.5 Å². The number of aryl methyl sites for hydroxylation is 1.